The van der Waals surface area contributed by atoms with Gasteiger partial charge in [0, 0.05) is 25.3 Å². The van der Waals surface area contributed by atoms with E-state index in [1.807, 2.05) is 31.2 Å². The van der Waals surface area contributed by atoms with Gasteiger partial charge in [0.2, 0.25) is 5.91 Å². The Morgan fingerprint density at radius 1 is 1.33 bits per heavy atom. The first-order valence-corrected chi connectivity index (χ1v) is 8.82. The monoisotopic (exact) mass is 350 g/mol. The lowest BCUT2D eigenvalue weighted by Crippen LogP contribution is -2.34. The van der Waals surface area contributed by atoms with Crippen LogP contribution in [-0.2, 0) is 14.3 Å². The number of carbonyl (C=O) groups excluding carboxylic acids is 3. The summed E-state index contributed by atoms with van der Waals surface area (Å²) in [4.78, 5) is 37.1. The highest BCUT2D eigenvalue weighted by molar-refractivity contribution is 8.13. The maximum absolute atomic E-state index is 12.2. The predicted molar refractivity (Wildman–Crippen MR) is 92.7 cm³/mol. The van der Waals surface area contributed by atoms with Gasteiger partial charge in [0.15, 0.2) is 0 Å². The number of aryl methyl sites for hydroxylation is 1. The van der Waals surface area contributed by atoms with Crippen LogP contribution in [0.4, 0.5) is 4.79 Å². The van der Waals surface area contributed by atoms with Crippen LogP contribution in [0.3, 0.4) is 0 Å². The Bertz CT molecular complexity index is 603. The quantitative estimate of drug-likeness (QED) is 0.764. The van der Waals surface area contributed by atoms with E-state index >= 15 is 0 Å². The highest BCUT2D eigenvalue weighted by Gasteiger charge is 2.23. The minimum Gasteiger partial charge on any atom is -0.469 e. The molecule has 1 fully saturated rings. The van der Waals surface area contributed by atoms with Gasteiger partial charge in [-0.1, -0.05) is 41.6 Å². The Kier molecular flexibility index (Phi) is 6.66. The van der Waals surface area contributed by atoms with Crippen LogP contribution in [0.5, 0.6) is 0 Å². The lowest BCUT2D eigenvalue weighted by Gasteiger charge is -2.20. The van der Waals surface area contributed by atoms with Gasteiger partial charge in [0.25, 0.3) is 5.24 Å². The molecule has 0 bridgehead atoms. The lowest BCUT2D eigenvalue weighted by atomic mass is 10.0. The summed E-state index contributed by atoms with van der Waals surface area (Å²) < 4.78 is 4.72. The minimum absolute atomic E-state index is 0.0208. The number of methoxy groups -OCH3 is 1. The van der Waals surface area contributed by atoms with Gasteiger partial charge in [-0.2, -0.15) is 0 Å². The summed E-state index contributed by atoms with van der Waals surface area (Å²) in [5.74, 6) is 0.204. The molecule has 1 aromatic rings. The van der Waals surface area contributed by atoms with E-state index in [4.69, 9.17) is 4.74 Å². The second kappa shape index (κ2) is 8.73. The Hall–Kier alpha value is -2.02. The van der Waals surface area contributed by atoms with E-state index in [0.717, 1.165) is 16.9 Å². The van der Waals surface area contributed by atoms with Gasteiger partial charge < -0.3 is 15.0 Å². The summed E-state index contributed by atoms with van der Waals surface area (Å²) in [5, 5.41) is 2.89. The first-order valence-electron chi connectivity index (χ1n) is 7.84. The highest BCUT2D eigenvalue weighted by atomic mass is 32.2. The maximum Gasteiger partial charge on any atom is 0.307 e. The highest BCUT2D eigenvalue weighted by Crippen LogP contribution is 2.20. The molecule has 7 heteroatoms. The lowest BCUT2D eigenvalue weighted by molar-refractivity contribution is -0.141. The molecule has 0 aromatic heterocycles. The maximum atomic E-state index is 12.2. The van der Waals surface area contributed by atoms with E-state index in [1.165, 1.54) is 18.9 Å². The number of thioether (sulfide) groups is 1. The van der Waals surface area contributed by atoms with Gasteiger partial charge in [-0.05, 0) is 12.5 Å². The minimum atomic E-state index is -0.436. The number of amides is 2. The molecule has 2 amide bonds. The third-order valence-corrected chi connectivity index (χ3v) is 4.76. The fourth-order valence-electron chi connectivity index (χ4n) is 2.43. The predicted octanol–water partition coefficient (Wildman–Crippen LogP) is 2.27. The Morgan fingerprint density at radius 3 is 2.62 bits per heavy atom. The number of rotatable bonds is 7. The van der Waals surface area contributed by atoms with Crippen molar-refractivity contribution >= 4 is 28.9 Å². The zero-order valence-corrected chi connectivity index (χ0v) is 14.7. The van der Waals surface area contributed by atoms with Crippen molar-refractivity contribution in [1.82, 2.24) is 10.2 Å². The van der Waals surface area contributed by atoms with Gasteiger partial charge in [0.05, 0.1) is 19.6 Å². The van der Waals surface area contributed by atoms with Crippen LogP contribution in [0, 0.1) is 6.92 Å². The van der Waals surface area contributed by atoms with Gasteiger partial charge >= 0.3 is 5.97 Å². The number of ether oxygens (including phenoxy) is 1. The third-order valence-electron chi connectivity index (χ3n) is 3.87. The van der Waals surface area contributed by atoms with Crippen molar-refractivity contribution in [3.63, 3.8) is 0 Å². The largest absolute Gasteiger partial charge is 0.469 e. The molecule has 1 N–H and O–H groups in total. The molecular formula is C17H22N2O4S. The zero-order valence-electron chi connectivity index (χ0n) is 13.9. The molecule has 1 aliphatic heterocycles. The molecular weight excluding hydrogens is 328 g/mol. The van der Waals surface area contributed by atoms with Crippen molar-refractivity contribution in [1.29, 1.82) is 0 Å². The van der Waals surface area contributed by atoms with Crippen molar-refractivity contribution in [2.75, 3.05) is 26.0 Å². The van der Waals surface area contributed by atoms with Gasteiger partial charge in [0.1, 0.15) is 0 Å². The summed E-state index contributed by atoms with van der Waals surface area (Å²) in [6.45, 7) is 3.06. The van der Waals surface area contributed by atoms with Crippen molar-refractivity contribution in [3.05, 3.63) is 35.4 Å². The van der Waals surface area contributed by atoms with Crippen LogP contribution in [0.25, 0.3) is 0 Å². The van der Waals surface area contributed by atoms with E-state index in [2.05, 4.69) is 5.32 Å². The van der Waals surface area contributed by atoms with Crippen molar-refractivity contribution < 1.29 is 19.1 Å². The van der Waals surface area contributed by atoms with Crippen molar-refractivity contribution in [2.24, 2.45) is 0 Å². The average Bonchev–Trinajstić information content (AvgIpc) is 2.98. The van der Waals surface area contributed by atoms with Crippen molar-refractivity contribution in [3.8, 4) is 0 Å². The zero-order chi connectivity index (χ0) is 17.5. The molecule has 1 unspecified atom stereocenters. The van der Waals surface area contributed by atoms with Gasteiger partial charge in [-0.3, -0.25) is 14.4 Å². The molecule has 1 aliphatic rings. The normalized spacial score (nSPS) is 15.2. The van der Waals surface area contributed by atoms with E-state index in [-0.39, 0.29) is 30.0 Å². The number of hydrogen-bond acceptors (Lipinski definition) is 5. The molecule has 0 aliphatic carbocycles. The smallest absolute Gasteiger partial charge is 0.307 e. The second-order valence-electron chi connectivity index (χ2n) is 5.66. The second-order valence-corrected chi connectivity index (χ2v) is 6.71. The first-order chi connectivity index (χ1) is 11.5. The SMILES string of the molecule is COC(=O)CC(NC(=O)CCN1CCSC1=O)c1ccc(C)cc1. The van der Waals surface area contributed by atoms with Crippen LogP contribution in [-0.4, -0.2) is 48.0 Å². The van der Waals surface area contributed by atoms with Gasteiger partial charge in [-0.25, -0.2) is 0 Å². The number of carbonyl (C=O) groups is 3. The first kappa shape index (κ1) is 18.3. The van der Waals surface area contributed by atoms with E-state index in [0.29, 0.717) is 13.1 Å². The van der Waals surface area contributed by atoms with E-state index in [9.17, 15) is 14.4 Å². The van der Waals surface area contributed by atoms with Crippen LogP contribution in [0.15, 0.2) is 24.3 Å². The topological polar surface area (TPSA) is 75.7 Å². The van der Waals surface area contributed by atoms with Crippen molar-refractivity contribution in [2.45, 2.75) is 25.8 Å². The Labute approximate surface area is 145 Å². The van der Waals surface area contributed by atoms with Crippen LogP contribution >= 0.6 is 11.8 Å². The van der Waals surface area contributed by atoms with Crippen LogP contribution in [0.2, 0.25) is 0 Å². The molecule has 2 rings (SSSR count). The summed E-state index contributed by atoms with van der Waals surface area (Å²) in [5.41, 5.74) is 1.96. The van der Waals surface area contributed by atoms with E-state index in [1.54, 1.807) is 4.90 Å². The Balaban J connectivity index is 1.96. The molecule has 0 spiro atoms. The van der Waals surface area contributed by atoms with Gasteiger partial charge in [-0.15, -0.1) is 0 Å². The standard InChI is InChI=1S/C17H22N2O4S/c1-12-3-5-13(6-4-12)14(11-16(21)23-2)18-15(20)7-8-19-9-10-24-17(19)22/h3-6,14H,7-11H2,1-2H3,(H,18,20). The van der Waals surface area contributed by atoms with E-state index < -0.39 is 6.04 Å². The molecule has 0 saturated carbocycles. The average molecular weight is 350 g/mol. The summed E-state index contributed by atoms with van der Waals surface area (Å²) >= 11 is 1.27. The summed E-state index contributed by atoms with van der Waals surface area (Å²) in [7, 11) is 1.33. The molecule has 1 atom stereocenters. The molecule has 130 valence electrons. The number of nitrogens with one attached hydrogen (secondary N) is 1. The number of benzene rings is 1. The van der Waals surface area contributed by atoms with Crippen LogP contribution in [0.1, 0.15) is 30.0 Å². The van der Waals surface area contributed by atoms with Crippen LogP contribution < -0.4 is 5.32 Å². The molecule has 1 heterocycles. The molecule has 6 nitrogen and oxygen atoms in total. The molecule has 1 aromatic carbocycles. The molecule has 0 radical (unpaired) electrons. The number of esters is 1. The summed E-state index contributed by atoms with van der Waals surface area (Å²) in [6.07, 6.45) is 0.291. The molecule has 1 saturated heterocycles. The fraction of sp³-hybridized carbons (Fsp3) is 0.471. The number of hydrogen-bond donors (Lipinski definition) is 1. The summed E-state index contributed by atoms with van der Waals surface area (Å²) in [6, 6.07) is 7.22. The Morgan fingerprint density at radius 2 is 2.04 bits per heavy atom. The molecule has 24 heavy (non-hydrogen) atoms. The third kappa shape index (κ3) is 5.26. The number of nitrogens with zero attached hydrogens (tertiary/aromatic N) is 1. The fourth-order valence-corrected chi connectivity index (χ4v) is 3.28.